The molecule has 0 saturated heterocycles. The molecule has 4 nitrogen and oxygen atoms in total. The molecular formula is C12H13NO3. The van der Waals surface area contributed by atoms with Gasteiger partial charge in [-0.25, -0.2) is 5.48 Å². The SMILES string of the molecule is COc1ccc(/C=C/C=C/C(=O)NO)cc1. The van der Waals surface area contributed by atoms with Crippen molar-refractivity contribution in [1.29, 1.82) is 0 Å². The lowest BCUT2D eigenvalue weighted by atomic mass is 10.2. The average Bonchev–Trinajstić information content (AvgIpc) is 2.35. The van der Waals surface area contributed by atoms with E-state index in [1.165, 1.54) is 17.6 Å². The lowest BCUT2D eigenvalue weighted by Crippen LogP contribution is -2.14. The van der Waals surface area contributed by atoms with Gasteiger partial charge in [0, 0.05) is 6.08 Å². The van der Waals surface area contributed by atoms with Crippen molar-refractivity contribution in [3.8, 4) is 5.75 Å². The maximum Gasteiger partial charge on any atom is 0.267 e. The molecule has 0 aliphatic carbocycles. The maximum absolute atomic E-state index is 10.6. The minimum Gasteiger partial charge on any atom is -0.497 e. The minimum atomic E-state index is -0.556. The molecule has 0 fully saturated rings. The van der Waals surface area contributed by atoms with Crippen molar-refractivity contribution >= 4 is 12.0 Å². The van der Waals surface area contributed by atoms with Crippen LogP contribution in [0.2, 0.25) is 0 Å². The number of amides is 1. The van der Waals surface area contributed by atoms with Crippen LogP contribution in [0.25, 0.3) is 6.08 Å². The molecule has 0 saturated carbocycles. The van der Waals surface area contributed by atoms with E-state index in [0.717, 1.165) is 11.3 Å². The molecular weight excluding hydrogens is 206 g/mol. The number of hydrogen-bond acceptors (Lipinski definition) is 3. The molecule has 0 aliphatic heterocycles. The molecule has 0 aromatic heterocycles. The zero-order valence-corrected chi connectivity index (χ0v) is 8.88. The summed E-state index contributed by atoms with van der Waals surface area (Å²) in [5.74, 6) is 0.242. The van der Waals surface area contributed by atoms with E-state index in [4.69, 9.17) is 9.94 Å². The van der Waals surface area contributed by atoms with E-state index in [1.54, 1.807) is 13.2 Å². The van der Waals surface area contributed by atoms with Gasteiger partial charge >= 0.3 is 0 Å². The van der Waals surface area contributed by atoms with E-state index in [9.17, 15) is 4.79 Å². The van der Waals surface area contributed by atoms with Crippen molar-refractivity contribution in [2.24, 2.45) is 0 Å². The topological polar surface area (TPSA) is 58.6 Å². The van der Waals surface area contributed by atoms with Gasteiger partial charge in [0.2, 0.25) is 0 Å². The molecule has 0 heterocycles. The van der Waals surface area contributed by atoms with E-state index in [0.29, 0.717) is 0 Å². The third-order valence-electron chi connectivity index (χ3n) is 1.87. The fraction of sp³-hybridized carbons (Fsp3) is 0.0833. The van der Waals surface area contributed by atoms with Crippen LogP contribution >= 0.6 is 0 Å². The first kappa shape index (κ1) is 12.0. The highest BCUT2D eigenvalue weighted by molar-refractivity contribution is 5.86. The van der Waals surface area contributed by atoms with Gasteiger partial charge in [-0.2, -0.15) is 0 Å². The number of allylic oxidation sites excluding steroid dienone is 2. The van der Waals surface area contributed by atoms with Crippen LogP contribution in [0.15, 0.2) is 42.5 Å². The van der Waals surface area contributed by atoms with Crippen LogP contribution in [0, 0.1) is 0 Å². The quantitative estimate of drug-likeness (QED) is 0.351. The van der Waals surface area contributed by atoms with Crippen molar-refractivity contribution in [2.45, 2.75) is 0 Å². The lowest BCUT2D eigenvalue weighted by molar-refractivity contribution is -0.124. The monoisotopic (exact) mass is 219 g/mol. The normalized spacial score (nSPS) is 10.9. The second-order valence-corrected chi connectivity index (χ2v) is 2.97. The van der Waals surface area contributed by atoms with E-state index < -0.39 is 5.91 Å². The number of hydrogen-bond donors (Lipinski definition) is 2. The summed E-state index contributed by atoms with van der Waals surface area (Å²) < 4.78 is 5.02. The summed E-state index contributed by atoms with van der Waals surface area (Å²) in [4.78, 5) is 10.6. The van der Waals surface area contributed by atoms with Crippen molar-refractivity contribution in [3.05, 3.63) is 48.1 Å². The van der Waals surface area contributed by atoms with Crippen LogP contribution in [-0.4, -0.2) is 18.2 Å². The highest BCUT2D eigenvalue weighted by Crippen LogP contribution is 2.12. The molecule has 0 aliphatic rings. The van der Waals surface area contributed by atoms with Crippen molar-refractivity contribution < 1.29 is 14.7 Å². The predicted octanol–water partition coefficient (Wildman–Crippen LogP) is 1.77. The Morgan fingerprint density at radius 3 is 2.56 bits per heavy atom. The molecule has 0 atom stereocenters. The number of hydroxylamine groups is 1. The van der Waals surface area contributed by atoms with Crippen molar-refractivity contribution in [1.82, 2.24) is 5.48 Å². The van der Waals surface area contributed by atoms with Crippen molar-refractivity contribution in [2.75, 3.05) is 7.11 Å². The van der Waals surface area contributed by atoms with E-state index in [1.807, 2.05) is 30.3 Å². The first-order chi connectivity index (χ1) is 7.76. The van der Waals surface area contributed by atoms with E-state index in [2.05, 4.69) is 0 Å². The minimum absolute atomic E-state index is 0.556. The Morgan fingerprint density at radius 1 is 1.31 bits per heavy atom. The number of carbonyl (C=O) groups excluding carboxylic acids is 1. The average molecular weight is 219 g/mol. The van der Waals surface area contributed by atoms with Crippen LogP contribution in [0.5, 0.6) is 5.75 Å². The largest absolute Gasteiger partial charge is 0.497 e. The molecule has 1 rings (SSSR count). The van der Waals surface area contributed by atoms with Crippen molar-refractivity contribution in [3.63, 3.8) is 0 Å². The Bertz CT molecular complexity index is 393. The van der Waals surface area contributed by atoms with Gasteiger partial charge in [-0.05, 0) is 17.7 Å². The summed E-state index contributed by atoms with van der Waals surface area (Å²) in [5.41, 5.74) is 2.50. The van der Waals surface area contributed by atoms with Crippen LogP contribution in [0.1, 0.15) is 5.56 Å². The van der Waals surface area contributed by atoms with E-state index in [-0.39, 0.29) is 0 Å². The number of methoxy groups -OCH3 is 1. The molecule has 1 aromatic rings. The van der Waals surface area contributed by atoms with Crippen LogP contribution in [0.3, 0.4) is 0 Å². The van der Waals surface area contributed by atoms with E-state index >= 15 is 0 Å². The van der Waals surface area contributed by atoms with Gasteiger partial charge in [-0.1, -0.05) is 30.4 Å². The third kappa shape index (κ3) is 3.98. The standard InChI is InChI=1S/C12H13NO3/c1-16-11-8-6-10(7-9-11)4-2-3-5-12(14)13-15/h2-9,15H,1H3,(H,13,14)/b4-2+,5-3+. The van der Waals surface area contributed by atoms with Gasteiger partial charge in [0.15, 0.2) is 0 Å². The Labute approximate surface area is 93.8 Å². The number of nitrogens with one attached hydrogen (secondary N) is 1. The summed E-state index contributed by atoms with van der Waals surface area (Å²) in [6.07, 6.45) is 6.30. The van der Waals surface area contributed by atoms with Crippen LogP contribution in [0.4, 0.5) is 0 Å². The number of carbonyl (C=O) groups is 1. The zero-order valence-electron chi connectivity index (χ0n) is 8.88. The number of ether oxygens (including phenoxy) is 1. The molecule has 0 bridgehead atoms. The molecule has 0 spiro atoms. The second kappa shape index (κ2) is 6.42. The summed E-state index contributed by atoms with van der Waals surface area (Å²) in [7, 11) is 1.61. The number of benzene rings is 1. The fourth-order valence-corrected chi connectivity index (χ4v) is 1.06. The molecule has 4 heteroatoms. The predicted molar refractivity (Wildman–Crippen MR) is 61.1 cm³/mol. The highest BCUT2D eigenvalue weighted by Gasteiger charge is 1.89. The first-order valence-electron chi connectivity index (χ1n) is 4.69. The van der Waals surface area contributed by atoms with Gasteiger partial charge in [0.25, 0.3) is 5.91 Å². The van der Waals surface area contributed by atoms with Crippen LogP contribution < -0.4 is 10.2 Å². The second-order valence-electron chi connectivity index (χ2n) is 2.97. The summed E-state index contributed by atoms with van der Waals surface area (Å²) in [6, 6.07) is 7.50. The highest BCUT2D eigenvalue weighted by atomic mass is 16.5. The lowest BCUT2D eigenvalue weighted by Gasteiger charge is -1.98. The van der Waals surface area contributed by atoms with Gasteiger partial charge in [-0.15, -0.1) is 0 Å². The van der Waals surface area contributed by atoms with Crippen LogP contribution in [-0.2, 0) is 4.79 Å². The molecule has 1 aromatic carbocycles. The number of rotatable bonds is 4. The Balaban J connectivity index is 2.56. The van der Waals surface area contributed by atoms with Gasteiger partial charge < -0.3 is 4.74 Å². The maximum atomic E-state index is 10.6. The van der Waals surface area contributed by atoms with Gasteiger partial charge in [0.1, 0.15) is 5.75 Å². The first-order valence-corrected chi connectivity index (χ1v) is 4.69. The Morgan fingerprint density at radius 2 is 2.00 bits per heavy atom. The molecule has 0 unspecified atom stereocenters. The third-order valence-corrected chi connectivity index (χ3v) is 1.87. The summed E-state index contributed by atoms with van der Waals surface area (Å²) in [5, 5.41) is 8.22. The Hall–Kier alpha value is -2.07. The molecule has 2 N–H and O–H groups in total. The summed E-state index contributed by atoms with van der Waals surface area (Å²) in [6.45, 7) is 0. The summed E-state index contributed by atoms with van der Waals surface area (Å²) >= 11 is 0. The molecule has 0 radical (unpaired) electrons. The Kier molecular flexibility index (Phi) is 4.82. The molecule has 1 amide bonds. The molecule has 84 valence electrons. The zero-order chi connectivity index (χ0) is 11.8. The molecule has 16 heavy (non-hydrogen) atoms. The van der Waals surface area contributed by atoms with Gasteiger partial charge in [0.05, 0.1) is 7.11 Å². The smallest absolute Gasteiger partial charge is 0.267 e. The fourth-order valence-electron chi connectivity index (χ4n) is 1.06. The van der Waals surface area contributed by atoms with Gasteiger partial charge in [-0.3, -0.25) is 10.0 Å².